The van der Waals surface area contributed by atoms with Gasteiger partial charge >= 0.3 is 0 Å². The molecular weight excluding hydrogens is 352 g/mol. The van der Waals surface area contributed by atoms with E-state index in [1.165, 1.54) is 23.0 Å². The van der Waals surface area contributed by atoms with Crippen LogP contribution in [0.2, 0.25) is 5.15 Å². The number of nitrogens with zero attached hydrogens (tertiary/aromatic N) is 2. The summed E-state index contributed by atoms with van der Waals surface area (Å²) < 4.78 is 27.2. The van der Waals surface area contributed by atoms with Gasteiger partial charge in [-0.05, 0) is 34.8 Å². The average molecular weight is 368 g/mol. The molecule has 1 fully saturated rings. The minimum Gasteiger partial charge on any atom is -0.242 e. The van der Waals surface area contributed by atoms with Gasteiger partial charge in [0.25, 0.3) is 0 Å². The van der Waals surface area contributed by atoms with Crippen LogP contribution in [0.1, 0.15) is 32.1 Å². The molecule has 0 atom stereocenters. The Morgan fingerprint density at radius 2 is 2.00 bits per heavy atom. The monoisotopic (exact) mass is 366 g/mol. The summed E-state index contributed by atoms with van der Waals surface area (Å²) in [6.45, 7) is 0. The minimum absolute atomic E-state index is 0.0193. The number of halogens is 2. The maximum Gasteiger partial charge on any atom is 0.246 e. The van der Waals surface area contributed by atoms with Gasteiger partial charge in [-0.15, -0.1) is 0 Å². The summed E-state index contributed by atoms with van der Waals surface area (Å²) in [6, 6.07) is 1.57. The zero-order valence-corrected chi connectivity index (χ0v) is 13.8. The van der Waals surface area contributed by atoms with Crippen molar-refractivity contribution in [2.24, 2.45) is 0 Å². The minimum atomic E-state index is -3.58. The second-order valence-electron chi connectivity index (χ2n) is 4.76. The second kappa shape index (κ2) is 6.08. The molecule has 0 unspecified atom stereocenters. The zero-order valence-electron chi connectivity index (χ0n) is 10.6. The Hall–Kier alpha value is -0.170. The average Bonchev–Trinajstić information content (AvgIpc) is 2.41. The van der Waals surface area contributed by atoms with Crippen LogP contribution < -0.4 is 0 Å². The van der Waals surface area contributed by atoms with E-state index in [0.717, 1.165) is 25.7 Å². The predicted molar refractivity (Wildman–Crippen MR) is 78.8 cm³/mol. The Kier molecular flexibility index (Phi) is 4.87. The number of hydrogen-bond donors (Lipinski definition) is 0. The van der Waals surface area contributed by atoms with Crippen molar-refractivity contribution in [1.82, 2.24) is 9.29 Å². The Morgan fingerprint density at radius 1 is 1.37 bits per heavy atom. The molecule has 106 valence electrons. The SMILES string of the molecule is CN(C1CCCCC1)S(=O)(=O)c1cc(Br)cnc1Cl. The van der Waals surface area contributed by atoms with Gasteiger partial charge in [0.2, 0.25) is 10.0 Å². The molecule has 1 heterocycles. The molecule has 1 aliphatic carbocycles. The molecule has 0 aliphatic heterocycles. The lowest BCUT2D eigenvalue weighted by molar-refractivity contribution is 0.286. The molecular formula is C12H16BrClN2O2S. The molecule has 1 saturated carbocycles. The van der Waals surface area contributed by atoms with Crippen molar-refractivity contribution < 1.29 is 8.42 Å². The molecule has 0 spiro atoms. The summed E-state index contributed by atoms with van der Waals surface area (Å²) in [6.07, 6.45) is 6.65. The molecule has 7 heteroatoms. The van der Waals surface area contributed by atoms with E-state index >= 15 is 0 Å². The van der Waals surface area contributed by atoms with Gasteiger partial charge in [-0.2, -0.15) is 4.31 Å². The van der Waals surface area contributed by atoms with E-state index < -0.39 is 10.0 Å². The summed E-state index contributed by atoms with van der Waals surface area (Å²) in [5.41, 5.74) is 0. The largest absolute Gasteiger partial charge is 0.246 e. The fraction of sp³-hybridized carbons (Fsp3) is 0.583. The van der Waals surface area contributed by atoms with Gasteiger partial charge in [0, 0.05) is 23.8 Å². The summed E-state index contributed by atoms with van der Waals surface area (Å²) in [5, 5.41) is 0.0193. The number of hydrogen-bond acceptors (Lipinski definition) is 3. The molecule has 0 aromatic carbocycles. The van der Waals surface area contributed by atoms with Crippen molar-refractivity contribution in [2.75, 3.05) is 7.05 Å². The topological polar surface area (TPSA) is 50.3 Å². The van der Waals surface area contributed by atoms with Crippen molar-refractivity contribution >= 4 is 37.6 Å². The molecule has 0 bridgehead atoms. The highest BCUT2D eigenvalue weighted by atomic mass is 79.9. The summed E-state index contributed by atoms with van der Waals surface area (Å²) >= 11 is 9.16. The molecule has 2 rings (SSSR count). The summed E-state index contributed by atoms with van der Waals surface area (Å²) in [5.74, 6) is 0. The molecule has 0 saturated heterocycles. The lowest BCUT2D eigenvalue weighted by Crippen LogP contribution is -2.38. The first kappa shape index (κ1) is 15.2. The first-order valence-corrected chi connectivity index (χ1v) is 8.83. The maximum absolute atomic E-state index is 12.6. The molecule has 1 aromatic heterocycles. The molecule has 19 heavy (non-hydrogen) atoms. The molecule has 0 N–H and O–H groups in total. The van der Waals surface area contributed by atoms with Gasteiger partial charge in [-0.3, -0.25) is 0 Å². The number of aromatic nitrogens is 1. The second-order valence-corrected chi connectivity index (χ2v) is 8.00. The third kappa shape index (κ3) is 3.29. The van der Waals surface area contributed by atoms with Crippen LogP contribution in [0.5, 0.6) is 0 Å². The van der Waals surface area contributed by atoms with Crippen LogP contribution in [0.3, 0.4) is 0 Å². The lowest BCUT2D eigenvalue weighted by Gasteiger charge is -2.30. The zero-order chi connectivity index (χ0) is 14.0. The van der Waals surface area contributed by atoms with Crippen molar-refractivity contribution in [3.8, 4) is 0 Å². The van der Waals surface area contributed by atoms with E-state index in [-0.39, 0.29) is 16.1 Å². The summed E-state index contributed by atoms with van der Waals surface area (Å²) in [4.78, 5) is 3.95. The van der Waals surface area contributed by atoms with Crippen molar-refractivity contribution in [1.29, 1.82) is 0 Å². The first-order chi connectivity index (χ1) is 8.93. The normalized spacial score (nSPS) is 17.9. The van der Waals surface area contributed by atoms with Crippen LogP contribution in [0, 0.1) is 0 Å². The Morgan fingerprint density at radius 3 is 2.63 bits per heavy atom. The fourth-order valence-electron chi connectivity index (χ4n) is 2.38. The van der Waals surface area contributed by atoms with Crippen LogP contribution in [0.15, 0.2) is 21.6 Å². The van der Waals surface area contributed by atoms with Crippen LogP contribution in [0.4, 0.5) is 0 Å². The quantitative estimate of drug-likeness (QED) is 0.769. The third-order valence-electron chi connectivity index (χ3n) is 3.52. The van der Waals surface area contributed by atoms with Crippen LogP contribution in [-0.4, -0.2) is 30.8 Å². The Labute approximate surface area is 127 Å². The van der Waals surface area contributed by atoms with Gasteiger partial charge in [0.1, 0.15) is 10.0 Å². The van der Waals surface area contributed by atoms with E-state index in [9.17, 15) is 8.42 Å². The number of sulfonamides is 1. The molecule has 1 aromatic rings. The van der Waals surface area contributed by atoms with Crippen molar-refractivity contribution in [3.63, 3.8) is 0 Å². The van der Waals surface area contributed by atoms with Crippen molar-refractivity contribution in [3.05, 3.63) is 21.9 Å². The summed E-state index contributed by atoms with van der Waals surface area (Å²) in [7, 11) is -1.96. The smallest absolute Gasteiger partial charge is 0.242 e. The Balaban J connectivity index is 2.33. The van der Waals surface area contributed by atoms with Crippen LogP contribution in [-0.2, 0) is 10.0 Å². The molecule has 0 radical (unpaired) electrons. The van der Waals surface area contributed by atoms with E-state index in [2.05, 4.69) is 20.9 Å². The molecule has 0 amide bonds. The number of rotatable bonds is 3. The third-order valence-corrected chi connectivity index (χ3v) is 6.29. The van der Waals surface area contributed by atoms with Gasteiger partial charge in [0.05, 0.1) is 0 Å². The van der Waals surface area contributed by atoms with Gasteiger partial charge in [0.15, 0.2) is 0 Å². The first-order valence-electron chi connectivity index (χ1n) is 6.22. The van der Waals surface area contributed by atoms with Gasteiger partial charge in [-0.1, -0.05) is 30.9 Å². The highest BCUT2D eigenvalue weighted by Crippen LogP contribution is 2.30. The van der Waals surface area contributed by atoms with Crippen LogP contribution >= 0.6 is 27.5 Å². The van der Waals surface area contributed by atoms with E-state index in [1.807, 2.05) is 0 Å². The van der Waals surface area contributed by atoms with Crippen LogP contribution in [0.25, 0.3) is 0 Å². The van der Waals surface area contributed by atoms with Gasteiger partial charge in [-0.25, -0.2) is 13.4 Å². The fourth-order valence-corrected chi connectivity index (χ4v) is 4.71. The van der Waals surface area contributed by atoms with Gasteiger partial charge < -0.3 is 0 Å². The van der Waals surface area contributed by atoms with Crippen molar-refractivity contribution in [2.45, 2.75) is 43.0 Å². The molecule has 4 nitrogen and oxygen atoms in total. The van der Waals surface area contributed by atoms with E-state index in [4.69, 9.17) is 11.6 Å². The molecule has 1 aliphatic rings. The maximum atomic E-state index is 12.6. The predicted octanol–water partition coefficient (Wildman–Crippen LogP) is 3.45. The standard InChI is InChI=1S/C12H16BrClN2O2S/c1-16(10-5-3-2-4-6-10)19(17,18)11-7-9(13)8-15-12(11)14/h7-8,10H,2-6H2,1H3. The van der Waals surface area contributed by atoms with E-state index in [0.29, 0.717) is 4.47 Å². The highest BCUT2D eigenvalue weighted by molar-refractivity contribution is 9.10. The lowest BCUT2D eigenvalue weighted by atomic mass is 9.96. The highest BCUT2D eigenvalue weighted by Gasteiger charge is 2.31. The van der Waals surface area contributed by atoms with E-state index in [1.54, 1.807) is 7.05 Å². The Bertz CT molecular complexity index is 559. The number of pyridine rings is 1.